The van der Waals surface area contributed by atoms with Gasteiger partial charge < -0.3 is 4.98 Å². The number of imide groups is 1. The summed E-state index contributed by atoms with van der Waals surface area (Å²) in [6.07, 6.45) is 3.03. The quantitative estimate of drug-likeness (QED) is 0.485. The molecule has 2 amide bonds. The Labute approximate surface area is 173 Å². The van der Waals surface area contributed by atoms with Crippen LogP contribution in [0.3, 0.4) is 0 Å². The van der Waals surface area contributed by atoms with Crippen molar-refractivity contribution < 1.29 is 14.0 Å². The maximum atomic E-state index is 13.3. The second kappa shape index (κ2) is 6.89. The third kappa shape index (κ3) is 3.05. The number of hydrogen-bond donors (Lipinski definition) is 2. The molecular weight excluding hydrogens is 405 g/mol. The summed E-state index contributed by atoms with van der Waals surface area (Å²) in [6.45, 7) is 1.58. The summed E-state index contributed by atoms with van der Waals surface area (Å²) in [7, 11) is 0. The van der Waals surface area contributed by atoms with Crippen LogP contribution in [0.15, 0.2) is 60.3 Å². The molecular formula is C21H14FN5O2S. The lowest BCUT2D eigenvalue weighted by atomic mass is 10.2. The largest absolute Gasteiger partial charge is 0.359 e. The van der Waals surface area contributed by atoms with Gasteiger partial charge in [0.2, 0.25) is 0 Å². The van der Waals surface area contributed by atoms with Crippen LogP contribution < -0.4 is 5.43 Å². The highest BCUT2D eigenvalue weighted by molar-refractivity contribution is 7.22. The van der Waals surface area contributed by atoms with Crippen LogP contribution in [0.5, 0.6) is 0 Å². The van der Waals surface area contributed by atoms with Crippen LogP contribution in [0.2, 0.25) is 0 Å². The number of hydrogen-bond acceptors (Lipinski definition) is 6. The third-order valence-electron chi connectivity index (χ3n) is 4.68. The highest BCUT2D eigenvalue weighted by atomic mass is 32.1. The lowest BCUT2D eigenvalue weighted by Crippen LogP contribution is -2.36. The lowest BCUT2D eigenvalue weighted by molar-refractivity contribution is -0.135. The van der Waals surface area contributed by atoms with Crippen molar-refractivity contribution >= 4 is 39.2 Å². The van der Waals surface area contributed by atoms with Gasteiger partial charge in [0.1, 0.15) is 10.6 Å². The minimum atomic E-state index is -0.459. The van der Waals surface area contributed by atoms with Crippen molar-refractivity contribution in [2.75, 3.05) is 5.43 Å². The molecule has 7 nitrogen and oxygen atoms in total. The van der Waals surface area contributed by atoms with E-state index in [2.05, 4.69) is 20.4 Å². The van der Waals surface area contributed by atoms with E-state index < -0.39 is 11.8 Å². The highest BCUT2D eigenvalue weighted by Crippen LogP contribution is 2.37. The van der Waals surface area contributed by atoms with Crippen LogP contribution in [0.1, 0.15) is 6.92 Å². The standard InChI is InChI=1S/C21H14FN5O2S/c1-11-9-17(28)27(21(11)29)26-18-14-10-16(12-4-6-13(22)7-5-12)30-20(14)25-19(24-18)15-3-2-8-23-15/h2-10,23H,1H3,(H,24,25,26). The average Bonchev–Trinajstić information content (AvgIpc) is 3.45. The smallest absolute Gasteiger partial charge is 0.275 e. The molecule has 1 aliphatic heterocycles. The number of hydrazine groups is 1. The summed E-state index contributed by atoms with van der Waals surface area (Å²) in [4.78, 5) is 38.3. The van der Waals surface area contributed by atoms with Crippen LogP contribution >= 0.6 is 11.3 Å². The number of aromatic nitrogens is 3. The van der Waals surface area contributed by atoms with Gasteiger partial charge in [0.05, 0.1) is 11.1 Å². The number of fused-ring (bicyclic) bond motifs is 1. The fourth-order valence-corrected chi connectivity index (χ4v) is 4.19. The minimum absolute atomic E-state index is 0.315. The molecule has 4 heterocycles. The summed E-state index contributed by atoms with van der Waals surface area (Å²) >= 11 is 1.41. The Hall–Kier alpha value is -3.85. The number of carbonyl (C=O) groups is 2. The Morgan fingerprint density at radius 2 is 1.93 bits per heavy atom. The van der Waals surface area contributed by atoms with Crippen molar-refractivity contribution in [1.29, 1.82) is 0 Å². The van der Waals surface area contributed by atoms with Gasteiger partial charge in [0.25, 0.3) is 11.8 Å². The van der Waals surface area contributed by atoms with E-state index in [0.717, 1.165) is 15.4 Å². The molecule has 9 heteroatoms. The number of halogens is 1. The van der Waals surface area contributed by atoms with E-state index in [4.69, 9.17) is 0 Å². The zero-order valence-electron chi connectivity index (χ0n) is 15.6. The molecule has 2 N–H and O–H groups in total. The first-order chi connectivity index (χ1) is 14.5. The number of aromatic amines is 1. The molecule has 0 saturated carbocycles. The van der Waals surface area contributed by atoms with Gasteiger partial charge in [-0.2, -0.15) is 5.01 Å². The summed E-state index contributed by atoms with van der Waals surface area (Å²) in [6, 6.07) is 11.7. The molecule has 0 bridgehead atoms. The maximum Gasteiger partial charge on any atom is 0.275 e. The van der Waals surface area contributed by atoms with E-state index >= 15 is 0 Å². The second-order valence-electron chi connectivity index (χ2n) is 6.73. The number of benzene rings is 1. The topological polar surface area (TPSA) is 91.0 Å². The number of amides is 2. The molecule has 0 aliphatic carbocycles. The van der Waals surface area contributed by atoms with Gasteiger partial charge in [0, 0.05) is 22.7 Å². The first-order valence-corrected chi connectivity index (χ1v) is 9.86. The molecule has 3 aromatic heterocycles. The molecule has 0 spiro atoms. The van der Waals surface area contributed by atoms with E-state index in [1.54, 1.807) is 25.3 Å². The average molecular weight is 419 g/mol. The van der Waals surface area contributed by atoms with Crippen molar-refractivity contribution in [2.24, 2.45) is 0 Å². The minimum Gasteiger partial charge on any atom is -0.359 e. The number of thiophene rings is 1. The molecule has 0 radical (unpaired) electrons. The number of carbonyl (C=O) groups excluding carboxylic acids is 2. The van der Waals surface area contributed by atoms with Crippen LogP contribution in [-0.2, 0) is 9.59 Å². The fraction of sp³-hybridized carbons (Fsp3) is 0.0476. The first kappa shape index (κ1) is 18.2. The van der Waals surface area contributed by atoms with Gasteiger partial charge in [-0.3, -0.25) is 15.0 Å². The zero-order valence-corrected chi connectivity index (χ0v) is 16.5. The molecule has 0 unspecified atom stereocenters. The first-order valence-electron chi connectivity index (χ1n) is 9.04. The molecule has 0 atom stereocenters. The predicted octanol–water partition coefficient (Wildman–Crippen LogP) is 4.13. The van der Waals surface area contributed by atoms with E-state index in [1.807, 2.05) is 18.2 Å². The summed E-state index contributed by atoms with van der Waals surface area (Å²) in [5, 5.41) is 1.59. The van der Waals surface area contributed by atoms with E-state index in [0.29, 0.717) is 33.1 Å². The number of anilines is 1. The fourth-order valence-electron chi connectivity index (χ4n) is 3.15. The van der Waals surface area contributed by atoms with Crippen molar-refractivity contribution in [3.8, 4) is 22.0 Å². The van der Waals surface area contributed by atoms with Crippen LogP contribution in [-0.4, -0.2) is 31.8 Å². The predicted molar refractivity (Wildman–Crippen MR) is 112 cm³/mol. The SMILES string of the molecule is CC1=CC(=O)N(Nc2nc(-c3ccc[nH]3)nc3sc(-c4ccc(F)cc4)cc23)C1=O. The monoisotopic (exact) mass is 419 g/mol. The van der Waals surface area contributed by atoms with E-state index in [-0.39, 0.29) is 5.82 Å². The van der Waals surface area contributed by atoms with Gasteiger partial charge in [-0.1, -0.05) is 12.1 Å². The highest BCUT2D eigenvalue weighted by Gasteiger charge is 2.30. The Bertz CT molecular complexity index is 1330. The molecule has 0 fully saturated rings. The molecule has 148 valence electrons. The van der Waals surface area contributed by atoms with Gasteiger partial charge in [-0.25, -0.2) is 14.4 Å². The van der Waals surface area contributed by atoms with E-state index in [1.165, 1.54) is 29.5 Å². The Balaban J connectivity index is 1.64. The summed E-state index contributed by atoms with van der Waals surface area (Å²) in [5.41, 5.74) is 4.73. The number of rotatable bonds is 4. The zero-order chi connectivity index (χ0) is 20.8. The molecule has 5 rings (SSSR count). The summed E-state index contributed by atoms with van der Waals surface area (Å²) < 4.78 is 13.3. The molecule has 4 aromatic rings. The summed E-state index contributed by atoms with van der Waals surface area (Å²) in [5.74, 6) is -0.447. The van der Waals surface area contributed by atoms with Gasteiger partial charge >= 0.3 is 0 Å². The maximum absolute atomic E-state index is 13.3. The van der Waals surface area contributed by atoms with Crippen LogP contribution in [0.25, 0.3) is 32.2 Å². The molecule has 0 saturated heterocycles. The van der Waals surface area contributed by atoms with Crippen LogP contribution in [0, 0.1) is 5.82 Å². The number of nitrogens with one attached hydrogen (secondary N) is 2. The van der Waals surface area contributed by atoms with Crippen molar-refractivity contribution in [2.45, 2.75) is 6.92 Å². The van der Waals surface area contributed by atoms with Crippen molar-refractivity contribution in [1.82, 2.24) is 20.0 Å². The van der Waals surface area contributed by atoms with Crippen LogP contribution in [0.4, 0.5) is 10.2 Å². The number of nitrogens with zero attached hydrogens (tertiary/aromatic N) is 3. The molecule has 30 heavy (non-hydrogen) atoms. The Morgan fingerprint density at radius 3 is 2.60 bits per heavy atom. The van der Waals surface area contributed by atoms with E-state index in [9.17, 15) is 14.0 Å². The Morgan fingerprint density at radius 1 is 1.13 bits per heavy atom. The van der Waals surface area contributed by atoms with Crippen molar-refractivity contribution in [3.05, 3.63) is 66.1 Å². The van der Waals surface area contributed by atoms with Gasteiger partial charge in [-0.05, 0) is 42.8 Å². The lowest BCUT2D eigenvalue weighted by Gasteiger charge is -2.17. The van der Waals surface area contributed by atoms with Gasteiger partial charge in [-0.15, -0.1) is 11.3 Å². The molecule has 1 aromatic carbocycles. The normalized spacial score (nSPS) is 13.9. The van der Waals surface area contributed by atoms with Crippen molar-refractivity contribution in [3.63, 3.8) is 0 Å². The van der Waals surface area contributed by atoms with Gasteiger partial charge in [0.15, 0.2) is 11.6 Å². The second-order valence-corrected chi connectivity index (χ2v) is 7.76. The number of H-pyrrole nitrogens is 1. The third-order valence-corrected chi connectivity index (χ3v) is 5.76. The Kier molecular flexibility index (Phi) is 4.18. The molecule has 1 aliphatic rings.